The third kappa shape index (κ3) is 3.44. The number of anilines is 3. The molecule has 106 valence electrons. The predicted octanol–water partition coefficient (Wildman–Crippen LogP) is 3.66. The maximum Gasteiger partial charge on any atom is 0.136 e. The molecule has 0 bridgehead atoms. The number of aryl methyl sites for hydroxylation is 2. The lowest BCUT2D eigenvalue weighted by molar-refractivity contribution is 0.619. The minimum absolute atomic E-state index is 0.208. The molecule has 0 saturated heterocycles. The van der Waals surface area contributed by atoms with Gasteiger partial charge < -0.3 is 10.6 Å². The van der Waals surface area contributed by atoms with Crippen molar-refractivity contribution in [3.8, 4) is 0 Å². The first kappa shape index (κ1) is 14.2. The number of halogens is 1. The van der Waals surface area contributed by atoms with Gasteiger partial charge in [-0.15, -0.1) is 0 Å². The Hall–Kier alpha value is -2.17. The highest BCUT2D eigenvalue weighted by atomic mass is 19.1. The van der Waals surface area contributed by atoms with Crippen molar-refractivity contribution in [1.29, 1.82) is 0 Å². The van der Waals surface area contributed by atoms with E-state index in [-0.39, 0.29) is 5.82 Å². The molecule has 0 spiro atoms. The highest BCUT2D eigenvalue weighted by Gasteiger charge is 2.05. The highest BCUT2D eigenvalue weighted by Crippen LogP contribution is 2.20. The van der Waals surface area contributed by atoms with Crippen molar-refractivity contribution in [2.75, 3.05) is 17.7 Å². The molecule has 2 rings (SSSR count). The summed E-state index contributed by atoms with van der Waals surface area (Å²) in [4.78, 5) is 8.86. The van der Waals surface area contributed by atoms with E-state index in [0.717, 1.165) is 30.2 Å². The third-order valence-corrected chi connectivity index (χ3v) is 2.93. The fourth-order valence-electron chi connectivity index (χ4n) is 1.89. The van der Waals surface area contributed by atoms with Gasteiger partial charge in [-0.1, -0.05) is 6.92 Å². The Morgan fingerprint density at radius 1 is 1.15 bits per heavy atom. The standard InChI is InChI=1S/C15H19FN4/c1-4-5-13-19-14(17-3)9-15(20-13)18-11-6-7-12(16)10(2)8-11/h6-9H,4-5H2,1-3H3,(H2,17,18,19,20). The molecule has 1 aromatic heterocycles. The van der Waals surface area contributed by atoms with Gasteiger partial charge in [-0.2, -0.15) is 0 Å². The zero-order valence-corrected chi connectivity index (χ0v) is 12.0. The second-order valence-corrected chi connectivity index (χ2v) is 4.64. The molecule has 5 heteroatoms. The molecular weight excluding hydrogens is 255 g/mol. The second-order valence-electron chi connectivity index (χ2n) is 4.64. The molecule has 4 nitrogen and oxygen atoms in total. The predicted molar refractivity (Wildman–Crippen MR) is 80.0 cm³/mol. The average Bonchev–Trinajstić information content (AvgIpc) is 2.43. The van der Waals surface area contributed by atoms with Crippen LogP contribution in [-0.4, -0.2) is 17.0 Å². The molecule has 0 aliphatic carbocycles. The minimum atomic E-state index is -0.208. The number of nitrogens with zero attached hydrogens (tertiary/aromatic N) is 2. The molecule has 0 aliphatic heterocycles. The lowest BCUT2D eigenvalue weighted by Crippen LogP contribution is -2.04. The third-order valence-electron chi connectivity index (χ3n) is 2.93. The van der Waals surface area contributed by atoms with Crippen molar-refractivity contribution >= 4 is 17.3 Å². The van der Waals surface area contributed by atoms with Crippen molar-refractivity contribution in [2.24, 2.45) is 0 Å². The molecule has 0 radical (unpaired) electrons. The molecule has 0 saturated carbocycles. The first-order chi connectivity index (χ1) is 9.62. The number of nitrogens with one attached hydrogen (secondary N) is 2. The van der Waals surface area contributed by atoms with E-state index in [9.17, 15) is 4.39 Å². The van der Waals surface area contributed by atoms with E-state index < -0.39 is 0 Å². The maximum atomic E-state index is 13.3. The Morgan fingerprint density at radius 3 is 2.55 bits per heavy atom. The summed E-state index contributed by atoms with van der Waals surface area (Å²) in [7, 11) is 1.82. The smallest absolute Gasteiger partial charge is 0.136 e. The van der Waals surface area contributed by atoms with Gasteiger partial charge in [0.25, 0.3) is 0 Å². The number of hydrogen-bond donors (Lipinski definition) is 2. The number of rotatable bonds is 5. The quantitative estimate of drug-likeness (QED) is 0.873. The molecule has 1 aromatic carbocycles. The van der Waals surface area contributed by atoms with Gasteiger partial charge in [0.1, 0.15) is 23.3 Å². The van der Waals surface area contributed by atoms with E-state index in [1.165, 1.54) is 6.07 Å². The summed E-state index contributed by atoms with van der Waals surface area (Å²) in [6.07, 6.45) is 1.81. The number of benzene rings is 1. The van der Waals surface area contributed by atoms with Gasteiger partial charge in [0, 0.05) is 25.2 Å². The average molecular weight is 274 g/mol. The van der Waals surface area contributed by atoms with Gasteiger partial charge in [0.05, 0.1) is 0 Å². The largest absolute Gasteiger partial charge is 0.373 e. The van der Waals surface area contributed by atoms with Gasteiger partial charge in [-0.05, 0) is 37.1 Å². The Bertz CT molecular complexity index is 598. The molecule has 20 heavy (non-hydrogen) atoms. The zero-order chi connectivity index (χ0) is 14.5. The van der Waals surface area contributed by atoms with E-state index in [1.807, 2.05) is 13.1 Å². The monoisotopic (exact) mass is 274 g/mol. The minimum Gasteiger partial charge on any atom is -0.373 e. The van der Waals surface area contributed by atoms with Crippen LogP contribution in [0.1, 0.15) is 24.7 Å². The fraction of sp³-hybridized carbons (Fsp3) is 0.333. The van der Waals surface area contributed by atoms with Crippen molar-refractivity contribution in [2.45, 2.75) is 26.7 Å². The van der Waals surface area contributed by atoms with E-state index in [2.05, 4.69) is 27.5 Å². The van der Waals surface area contributed by atoms with Crippen LogP contribution in [0.3, 0.4) is 0 Å². The van der Waals surface area contributed by atoms with Crippen LogP contribution in [-0.2, 0) is 6.42 Å². The van der Waals surface area contributed by atoms with Gasteiger partial charge in [-0.25, -0.2) is 14.4 Å². The molecule has 0 unspecified atom stereocenters. The molecule has 2 aromatic rings. The normalized spacial score (nSPS) is 10.4. The van der Waals surface area contributed by atoms with E-state index in [0.29, 0.717) is 11.4 Å². The highest BCUT2D eigenvalue weighted by molar-refractivity contribution is 5.59. The van der Waals surface area contributed by atoms with Crippen LogP contribution in [0.4, 0.5) is 21.7 Å². The lowest BCUT2D eigenvalue weighted by Gasteiger charge is -2.10. The summed E-state index contributed by atoms with van der Waals surface area (Å²) in [6, 6.07) is 6.74. The van der Waals surface area contributed by atoms with Crippen molar-refractivity contribution in [3.63, 3.8) is 0 Å². The van der Waals surface area contributed by atoms with E-state index in [1.54, 1.807) is 19.1 Å². The van der Waals surface area contributed by atoms with Crippen LogP contribution in [0.5, 0.6) is 0 Å². The molecular formula is C15H19FN4. The van der Waals surface area contributed by atoms with Gasteiger partial charge >= 0.3 is 0 Å². The first-order valence-electron chi connectivity index (χ1n) is 6.71. The Balaban J connectivity index is 2.27. The first-order valence-corrected chi connectivity index (χ1v) is 6.71. The Kier molecular flexibility index (Phi) is 4.50. The summed E-state index contributed by atoms with van der Waals surface area (Å²) in [5.74, 6) is 2.06. The Labute approximate surface area is 118 Å². The lowest BCUT2D eigenvalue weighted by atomic mass is 10.2. The summed E-state index contributed by atoms with van der Waals surface area (Å²) in [6.45, 7) is 3.83. The molecule has 0 fully saturated rings. The molecule has 0 amide bonds. The van der Waals surface area contributed by atoms with Crippen LogP contribution < -0.4 is 10.6 Å². The van der Waals surface area contributed by atoms with Gasteiger partial charge in [0.15, 0.2) is 0 Å². The van der Waals surface area contributed by atoms with Crippen LogP contribution in [0, 0.1) is 12.7 Å². The molecule has 0 aliphatic rings. The van der Waals surface area contributed by atoms with Crippen LogP contribution in [0.2, 0.25) is 0 Å². The Morgan fingerprint density at radius 2 is 1.90 bits per heavy atom. The van der Waals surface area contributed by atoms with Crippen molar-refractivity contribution in [1.82, 2.24) is 9.97 Å². The van der Waals surface area contributed by atoms with Crippen molar-refractivity contribution < 1.29 is 4.39 Å². The maximum absolute atomic E-state index is 13.3. The fourth-order valence-corrected chi connectivity index (χ4v) is 1.89. The number of hydrogen-bond acceptors (Lipinski definition) is 4. The SMILES string of the molecule is CCCc1nc(NC)cc(Nc2ccc(F)c(C)c2)n1. The van der Waals surface area contributed by atoms with Crippen LogP contribution in [0.25, 0.3) is 0 Å². The van der Waals surface area contributed by atoms with Crippen molar-refractivity contribution in [3.05, 3.63) is 41.5 Å². The number of aromatic nitrogens is 2. The summed E-state index contributed by atoms with van der Waals surface area (Å²) >= 11 is 0. The molecule has 1 heterocycles. The van der Waals surface area contributed by atoms with Gasteiger partial charge in [-0.3, -0.25) is 0 Å². The summed E-state index contributed by atoms with van der Waals surface area (Å²) in [5.41, 5.74) is 1.42. The zero-order valence-electron chi connectivity index (χ0n) is 12.0. The second kappa shape index (κ2) is 6.32. The van der Waals surface area contributed by atoms with E-state index >= 15 is 0 Å². The van der Waals surface area contributed by atoms with Crippen LogP contribution in [0.15, 0.2) is 24.3 Å². The molecule has 2 N–H and O–H groups in total. The van der Waals surface area contributed by atoms with Gasteiger partial charge in [0.2, 0.25) is 0 Å². The summed E-state index contributed by atoms with van der Waals surface area (Å²) < 4.78 is 13.3. The summed E-state index contributed by atoms with van der Waals surface area (Å²) in [5, 5.41) is 6.21. The van der Waals surface area contributed by atoms with E-state index in [4.69, 9.17) is 0 Å². The molecule has 0 atom stereocenters. The topological polar surface area (TPSA) is 49.8 Å². The van der Waals surface area contributed by atoms with Crippen LogP contribution >= 0.6 is 0 Å².